The summed E-state index contributed by atoms with van der Waals surface area (Å²) in [7, 11) is 5.44. The van der Waals surface area contributed by atoms with Gasteiger partial charge in [-0.05, 0) is 64.8 Å². The smallest absolute Gasteiger partial charge is 0.340 e. The third-order valence-electron chi connectivity index (χ3n) is 8.58. The molecule has 0 aliphatic carbocycles. The van der Waals surface area contributed by atoms with Gasteiger partial charge in [-0.15, -0.1) is 0 Å². The third-order valence-corrected chi connectivity index (χ3v) is 8.98. The SMILES string of the molecule is CCC1N(c2ccccc2)CC(C(=O)OC)OC1(C)C.COC(=O)CCBr.COC(=O)CCC1(C(=O)OC)CN(c2ccccc2)CC(C)(C)O1. The van der Waals surface area contributed by atoms with Crippen LogP contribution in [0.15, 0.2) is 60.7 Å². The molecule has 284 valence electrons. The number of benzene rings is 2. The Morgan fingerprint density at radius 2 is 1.33 bits per heavy atom. The Morgan fingerprint density at radius 3 is 1.80 bits per heavy atom. The van der Waals surface area contributed by atoms with Crippen molar-refractivity contribution in [2.24, 2.45) is 0 Å². The van der Waals surface area contributed by atoms with Crippen molar-refractivity contribution in [3.05, 3.63) is 60.7 Å². The number of methoxy groups -OCH3 is 4. The Kier molecular flexibility index (Phi) is 17.4. The zero-order valence-corrected chi connectivity index (χ0v) is 33.0. The van der Waals surface area contributed by atoms with Crippen LogP contribution < -0.4 is 9.80 Å². The molecule has 4 rings (SSSR count). The van der Waals surface area contributed by atoms with E-state index in [0.717, 1.165) is 17.8 Å². The van der Waals surface area contributed by atoms with E-state index >= 15 is 0 Å². The predicted molar refractivity (Wildman–Crippen MR) is 199 cm³/mol. The van der Waals surface area contributed by atoms with Crippen LogP contribution in [0.4, 0.5) is 11.4 Å². The molecule has 3 unspecified atom stereocenters. The summed E-state index contributed by atoms with van der Waals surface area (Å²) in [6.45, 7) is 11.6. The molecule has 12 nitrogen and oxygen atoms in total. The predicted octanol–water partition coefficient (Wildman–Crippen LogP) is 5.73. The van der Waals surface area contributed by atoms with Crippen LogP contribution in [0.25, 0.3) is 0 Å². The highest BCUT2D eigenvalue weighted by atomic mass is 79.9. The lowest BCUT2D eigenvalue weighted by atomic mass is 9.90. The zero-order chi connectivity index (χ0) is 38.2. The van der Waals surface area contributed by atoms with Crippen LogP contribution in [0.2, 0.25) is 0 Å². The second-order valence-corrected chi connectivity index (χ2v) is 14.1. The number of ether oxygens (including phenoxy) is 6. The van der Waals surface area contributed by atoms with Gasteiger partial charge in [-0.1, -0.05) is 59.3 Å². The van der Waals surface area contributed by atoms with E-state index in [2.05, 4.69) is 49.5 Å². The van der Waals surface area contributed by atoms with E-state index in [1.807, 2.05) is 76.2 Å². The second kappa shape index (κ2) is 20.4. The number of carbonyl (C=O) groups is 4. The summed E-state index contributed by atoms with van der Waals surface area (Å²) in [5, 5.41) is 0.680. The number of esters is 4. The minimum Gasteiger partial charge on any atom is -0.469 e. The summed E-state index contributed by atoms with van der Waals surface area (Å²) in [6, 6.07) is 20.2. The highest BCUT2D eigenvalue weighted by molar-refractivity contribution is 9.09. The number of hydrogen-bond acceptors (Lipinski definition) is 12. The molecule has 13 heteroatoms. The minimum atomic E-state index is -1.21. The number of rotatable bonds is 10. The number of carbonyl (C=O) groups excluding carboxylic acids is 4. The van der Waals surface area contributed by atoms with Gasteiger partial charge in [0.1, 0.15) is 0 Å². The van der Waals surface area contributed by atoms with E-state index in [1.165, 1.54) is 28.4 Å². The van der Waals surface area contributed by atoms with E-state index in [4.69, 9.17) is 23.7 Å². The normalized spacial score (nSPS) is 21.8. The highest BCUT2D eigenvalue weighted by Crippen LogP contribution is 2.36. The average molecular weight is 780 g/mol. The highest BCUT2D eigenvalue weighted by Gasteiger charge is 2.51. The molecule has 2 aromatic rings. The van der Waals surface area contributed by atoms with Gasteiger partial charge < -0.3 is 38.2 Å². The molecular weight excluding hydrogens is 724 g/mol. The van der Waals surface area contributed by atoms with Gasteiger partial charge in [-0.25, -0.2) is 9.59 Å². The van der Waals surface area contributed by atoms with Crippen molar-refractivity contribution >= 4 is 51.2 Å². The van der Waals surface area contributed by atoms with Gasteiger partial charge in [0.2, 0.25) is 0 Å². The Labute approximate surface area is 311 Å². The maximum absolute atomic E-state index is 12.5. The fraction of sp³-hybridized carbons (Fsp3) is 0.579. The molecule has 0 bridgehead atoms. The second-order valence-electron chi connectivity index (χ2n) is 13.3. The number of nitrogens with zero attached hydrogens (tertiary/aromatic N) is 2. The Bertz CT molecular complexity index is 1390. The molecule has 0 N–H and O–H groups in total. The molecule has 2 heterocycles. The molecular formula is C38H55BrN2O10. The fourth-order valence-corrected chi connectivity index (χ4v) is 6.71. The van der Waals surface area contributed by atoms with Crippen LogP contribution in [-0.4, -0.2) is 106 Å². The molecule has 0 spiro atoms. The summed E-state index contributed by atoms with van der Waals surface area (Å²) in [6.07, 6.45) is 1.16. The van der Waals surface area contributed by atoms with E-state index in [1.54, 1.807) is 0 Å². The number of halogens is 1. The number of para-hydroxylation sites is 2. The summed E-state index contributed by atoms with van der Waals surface area (Å²) < 4.78 is 31.0. The summed E-state index contributed by atoms with van der Waals surface area (Å²) in [4.78, 5) is 50.5. The maximum atomic E-state index is 12.5. The molecule has 2 aromatic carbocycles. The molecule has 2 fully saturated rings. The number of hydrogen-bond donors (Lipinski definition) is 0. The van der Waals surface area contributed by atoms with Crippen LogP contribution in [-0.2, 0) is 47.6 Å². The molecule has 0 amide bonds. The van der Waals surface area contributed by atoms with Crippen LogP contribution in [0.3, 0.4) is 0 Å². The summed E-state index contributed by atoms with van der Waals surface area (Å²) in [5.41, 5.74) is -0.0643. The first-order chi connectivity index (χ1) is 24.1. The van der Waals surface area contributed by atoms with Crippen molar-refractivity contribution < 1.29 is 47.6 Å². The van der Waals surface area contributed by atoms with Crippen molar-refractivity contribution in [2.45, 2.75) is 89.3 Å². The van der Waals surface area contributed by atoms with Gasteiger partial charge in [0.05, 0.1) is 65.2 Å². The first-order valence-corrected chi connectivity index (χ1v) is 18.1. The van der Waals surface area contributed by atoms with E-state index < -0.39 is 28.9 Å². The van der Waals surface area contributed by atoms with Gasteiger partial charge in [0.25, 0.3) is 0 Å². The first-order valence-electron chi connectivity index (χ1n) is 17.0. The fourth-order valence-electron chi connectivity index (χ4n) is 6.38. The van der Waals surface area contributed by atoms with Gasteiger partial charge in [0, 0.05) is 29.7 Å². The zero-order valence-electron chi connectivity index (χ0n) is 31.4. The van der Waals surface area contributed by atoms with Gasteiger partial charge in [-0.3, -0.25) is 9.59 Å². The summed E-state index contributed by atoms with van der Waals surface area (Å²) in [5.74, 6) is -1.33. The van der Waals surface area contributed by atoms with Gasteiger partial charge in [0.15, 0.2) is 11.7 Å². The summed E-state index contributed by atoms with van der Waals surface area (Å²) >= 11 is 3.09. The largest absolute Gasteiger partial charge is 0.469 e. The van der Waals surface area contributed by atoms with Crippen molar-refractivity contribution in [3.8, 4) is 0 Å². The monoisotopic (exact) mass is 778 g/mol. The van der Waals surface area contributed by atoms with E-state index in [0.29, 0.717) is 31.4 Å². The molecule has 2 saturated heterocycles. The van der Waals surface area contributed by atoms with Crippen molar-refractivity contribution in [3.63, 3.8) is 0 Å². The topological polar surface area (TPSA) is 130 Å². The van der Waals surface area contributed by atoms with Crippen LogP contribution >= 0.6 is 15.9 Å². The lowest BCUT2D eigenvalue weighted by Gasteiger charge is -2.49. The van der Waals surface area contributed by atoms with Gasteiger partial charge >= 0.3 is 23.9 Å². The molecule has 3 atom stereocenters. The molecule has 2 aliphatic rings. The average Bonchev–Trinajstić information content (AvgIpc) is 3.13. The third kappa shape index (κ3) is 12.8. The Hall–Kier alpha value is -3.68. The molecule has 2 aliphatic heterocycles. The van der Waals surface area contributed by atoms with Crippen LogP contribution in [0, 0.1) is 0 Å². The lowest BCUT2D eigenvalue weighted by molar-refractivity contribution is -0.197. The molecule has 0 radical (unpaired) electrons. The Balaban J connectivity index is 0.000000302. The van der Waals surface area contributed by atoms with E-state index in [-0.39, 0.29) is 36.8 Å². The lowest BCUT2D eigenvalue weighted by Crippen LogP contribution is -2.63. The maximum Gasteiger partial charge on any atom is 0.340 e. The minimum absolute atomic E-state index is 0.0876. The number of morpholine rings is 2. The van der Waals surface area contributed by atoms with E-state index in [9.17, 15) is 19.2 Å². The quantitative estimate of drug-likeness (QED) is 0.166. The molecule has 0 aromatic heterocycles. The number of anilines is 2. The first kappa shape index (κ1) is 43.5. The standard InChI is InChI=1S/C18H25NO5.C16H23NO3.C4H7BrO2/c1-17(2)12-19(14-8-6-5-7-9-14)13-18(24-17,16(21)23-4)11-10-15(20)22-3;1-5-14-16(2,3)20-13(15(18)19-4)11-17(14)12-9-7-6-8-10-12;1-7-4(6)2-3-5/h5-9H,10-13H2,1-4H3;6-10,13-14H,5,11H2,1-4H3;2-3H2,1H3. The van der Waals surface area contributed by atoms with Crippen LogP contribution in [0.5, 0.6) is 0 Å². The molecule has 51 heavy (non-hydrogen) atoms. The van der Waals surface area contributed by atoms with Crippen molar-refractivity contribution in [1.29, 1.82) is 0 Å². The van der Waals surface area contributed by atoms with Crippen molar-refractivity contribution in [1.82, 2.24) is 0 Å². The Morgan fingerprint density at radius 1 is 0.784 bits per heavy atom. The molecule has 0 saturated carbocycles. The van der Waals surface area contributed by atoms with Gasteiger partial charge in [-0.2, -0.15) is 0 Å². The van der Waals surface area contributed by atoms with Crippen LogP contribution in [0.1, 0.15) is 60.3 Å². The number of alkyl halides is 1. The van der Waals surface area contributed by atoms with Crippen molar-refractivity contribution in [2.75, 3.05) is 63.2 Å².